The van der Waals surface area contributed by atoms with Gasteiger partial charge in [0.05, 0.1) is 22.4 Å². The summed E-state index contributed by atoms with van der Waals surface area (Å²) in [6, 6.07) is 12.9. The first-order chi connectivity index (χ1) is 11.1. The summed E-state index contributed by atoms with van der Waals surface area (Å²) in [7, 11) is 0. The molecule has 0 unspecified atom stereocenters. The van der Waals surface area contributed by atoms with Crippen molar-refractivity contribution in [3.05, 3.63) is 47.8 Å². The first kappa shape index (κ1) is 13.9. The van der Waals surface area contributed by atoms with Crippen LogP contribution in [0.2, 0.25) is 0 Å². The minimum absolute atomic E-state index is 0.142. The van der Waals surface area contributed by atoms with Gasteiger partial charge in [0, 0.05) is 16.7 Å². The Hall–Kier alpha value is -1.48. The Kier molecular flexibility index (Phi) is 2.62. The fraction of sp³-hybridized carbons (Fsp3) is 0.400. The number of fused-ring (bicyclic) bond motifs is 7. The quantitative estimate of drug-likeness (QED) is 0.429. The predicted octanol–water partition coefficient (Wildman–Crippen LogP) is 5.33. The van der Waals surface area contributed by atoms with E-state index in [1.807, 2.05) is 0 Å². The van der Waals surface area contributed by atoms with Crippen molar-refractivity contribution in [3.63, 3.8) is 0 Å². The summed E-state index contributed by atoms with van der Waals surface area (Å²) < 4.78 is 0. The van der Waals surface area contributed by atoms with Gasteiger partial charge in [0.1, 0.15) is 0 Å². The van der Waals surface area contributed by atoms with Crippen LogP contribution < -0.4 is 0 Å². The van der Waals surface area contributed by atoms with Gasteiger partial charge in [-0.25, -0.2) is 9.97 Å². The molecule has 1 fully saturated rings. The Morgan fingerprint density at radius 2 is 1.74 bits per heavy atom. The highest BCUT2D eigenvalue weighted by Gasteiger charge is 2.63. The van der Waals surface area contributed by atoms with Crippen LogP contribution in [0.1, 0.15) is 44.0 Å². The number of aromatic nitrogens is 2. The van der Waals surface area contributed by atoms with E-state index in [4.69, 9.17) is 9.97 Å². The van der Waals surface area contributed by atoms with Gasteiger partial charge >= 0.3 is 0 Å². The molecule has 0 saturated heterocycles. The SMILES string of the molecule is C[C@]12CC[C@H](c3nc4cc5ccccc5cc4nc31)[C@@]2(C)CBr. The lowest BCUT2D eigenvalue weighted by atomic mass is 9.70. The van der Waals surface area contributed by atoms with Gasteiger partial charge in [-0.1, -0.05) is 54.0 Å². The van der Waals surface area contributed by atoms with Crippen molar-refractivity contribution in [1.82, 2.24) is 9.97 Å². The van der Waals surface area contributed by atoms with Crippen molar-refractivity contribution < 1.29 is 0 Å². The second kappa shape index (κ2) is 4.32. The fourth-order valence-electron chi connectivity index (χ4n) is 4.89. The van der Waals surface area contributed by atoms with Gasteiger partial charge in [0.2, 0.25) is 0 Å². The Bertz CT molecular complexity index is 966. The van der Waals surface area contributed by atoms with Gasteiger partial charge in [-0.05, 0) is 41.2 Å². The van der Waals surface area contributed by atoms with Gasteiger partial charge in [0.25, 0.3) is 0 Å². The summed E-state index contributed by atoms with van der Waals surface area (Å²) in [5.74, 6) is 0.533. The maximum atomic E-state index is 5.12. The Morgan fingerprint density at radius 1 is 1.09 bits per heavy atom. The third-order valence-corrected chi connectivity index (χ3v) is 7.82. The summed E-state index contributed by atoms with van der Waals surface area (Å²) in [5, 5.41) is 3.50. The Labute approximate surface area is 144 Å². The minimum Gasteiger partial charge on any atom is -0.249 e. The molecule has 0 aliphatic heterocycles. The van der Waals surface area contributed by atoms with Crippen LogP contribution in [-0.4, -0.2) is 15.3 Å². The fourth-order valence-corrected chi connectivity index (χ4v) is 5.90. The lowest BCUT2D eigenvalue weighted by molar-refractivity contribution is 0.236. The van der Waals surface area contributed by atoms with Crippen molar-refractivity contribution in [2.24, 2.45) is 5.41 Å². The molecule has 0 radical (unpaired) electrons. The number of benzene rings is 2. The van der Waals surface area contributed by atoms with Gasteiger partial charge in [0.15, 0.2) is 0 Å². The molecule has 3 atom stereocenters. The molecule has 0 amide bonds. The molecular weight excluding hydrogens is 348 g/mol. The third-order valence-electron chi connectivity index (χ3n) is 6.65. The van der Waals surface area contributed by atoms with E-state index in [0.717, 1.165) is 16.4 Å². The van der Waals surface area contributed by atoms with Crippen LogP contribution in [0.4, 0.5) is 0 Å². The first-order valence-corrected chi connectivity index (χ1v) is 9.46. The van der Waals surface area contributed by atoms with E-state index < -0.39 is 0 Å². The zero-order valence-electron chi connectivity index (χ0n) is 13.4. The molecule has 23 heavy (non-hydrogen) atoms. The van der Waals surface area contributed by atoms with Gasteiger partial charge in [-0.3, -0.25) is 0 Å². The molecule has 3 heteroatoms. The van der Waals surface area contributed by atoms with Gasteiger partial charge in [-0.15, -0.1) is 0 Å². The highest BCUT2D eigenvalue weighted by atomic mass is 79.9. The summed E-state index contributed by atoms with van der Waals surface area (Å²) in [4.78, 5) is 10.2. The zero-order valence-corrected chi connectivity index (χ0v) is 15.0. The summed E-state index contributed by atoms with van der Waals surface area (Å²) in [6.45, 7) is 4.80. The second-order valence-electron chi connectivity index (χ2n) is 7.62. The van der Waals surface area contributed by atoms with Crippen LogP contribution in [-0.2, 0) is 5.41 Å². The summed E-state index contributed by atoms with van der Waals surface area (Å²) >= 11 is 3.78. The van der Waals surface area contributed by atoms with Crippen LogP contribution in [0.25, 0.3) is 21.8 Å². The first-order valence-electron chi connectivity index (χ1n) is 8.34. The molecule has 2 aliphatic carbocycles. The maximum Gasteiger partial charge on any atom is 0.0897 e. The standard InChI is InChI=1S/C20H19BrN2/c1-19-8-7-14(20(19,2)11-21)17-18(19)23-16-10-13-6-4-3-5-12(13)9-15(16)22-17/h3-6,9-10,14H,7-8,11H2,1-2H3/t14-,19+,20-/m1/s1. The number of hydrogen-bond donors (Lipinski definition) is 0. The van der Waals surface area contributed by atoms with Crippen molar-refractivity contribution in [2.45, 2.75) is 38.0 Å². The molecule has 0 spiro atoms. The van der Waals surface area contributed by atoms with Gasteiger partial charge in [-0.2, -0.15) is 0 Å². The van der Waals surface area contributed by atoms with Crippen molar-refractivity contribution in [2.75, 3.05) is 5.33 Å². The molecule has 2 aliphatic rings. The normalized spacial score (nSPS) is 31.9. The number of rotatable bonds is 1. The lowest BCUT2D eigenvalue weighted by Crippen LogP contribution is -2.36. The predicted molar refractivity (Wildman–Crippen MR) is 98.3 cm³/mol. The lowest BCUT2D eigenvalue weighted by Gasteiger charge is -2.36. The molecule has 116 valence electrons. The maximum absolute atomic E-state index is 5.12. The summed E-state index contributed by atoms with van der Waals surface area (Å²) in [6.07, 6.45) is 2.46. The van der Waals surface area contributed by atoms with E-state index >= 15 is 0 Å². The molecular formula is C20H19BrN2. The van der Waals surface area contributed by atoms with E-state index in [2.05, 4.69) is 66.2 Å². The number of hydrogen-bond acceptors (Lipinski definition) is 2. The van der Waals surface area contributed by atoms with E-state index in [1.165, 1.54) is 35.0 Å². The van der Waals surface area contributed by atoms with Crippen molar-refractivity contribution in [3.8, 4) is 0 Å². The number of halogens is 1. The van der Waals surface area contributed by atoms with Crippen molar-refractivity contribution >= 4 is 37.7 Å². The monoisotopic (exact) mass is 366 g/mol. The molecule has 2 aromatic carbocycles. The largest absolute Gasteiger partial charge is 0.249 e. The molecule has 3 aromatic rings. The number of nitrogens with zero attached hydrogens (tertiary/aromatic N) is 2. The molecule has 0 N–H and O–H groups in total. The van der Waals surface area contributed by atoms with Crippen LogP contribution in [0.15, 0.2) is 36.4 Å². The zero-order chi connectivity index (χ0) is 15.8. The molecule has 1 saturated carbocycles. The van der Waals surface area contributed by atoms with Crippen molar-refractivity contribution in [1.29, 1.82) is 0 Å². The average Bonchev–Trinajstić information content (AvgIpc) is 2.93. The molecule has 2 nitrogen and oxygen atoms in total. The Morgan fingerprint density at radius 3 is 2.39 bits per heavy atom. The molecule has 5 rings (SSSR count). The van der Waals surface area contributed by atoms with Gasteiger partial charge < -0.3 is 0 Å². The topological polar surface area (TPSA) is 25.8 Å². The van der Waals surface area contributed by atoms with Crippen LogP contribution in [0.5, 0.6) is 0 Å². The smallest absolute Gasteiger partial charge is 0.0897 e. The molecule has 1 aromatic heterocycles. The van der Waals surface area contributed by atoms with Crippen LogP contribution in [0, 0.1) is 5.41 Å². The minimum atomic E-state index is 0.142. The molecule has 2 bridgehead atoms. The number of alkyl halides is 1. The third kappa shape index (κ3) is 1.54. The van der Waals surface area contributed by atoms with E-state index in [-0.39, 0.29) is 10.8 Å². The van der Waals surface area contributed by atoms with Crippen LogP contribution >= 0.6 is 15.9 Å². The Balaban J connectivity index is 1.84. The van der Waals surface area contributed by atoms with Crippen LogP contribution in [0.3, 0.4) is 0 Å². The average molecular weight is 367 g/mol. The summed E-state index contributed by atoms with van der Waals surface area (Å²) in [5.41, 5.74) is 4.95. The van der Waals surface area contributed by atoms with E-state index in [0.29, 0.717) is 5.92 Å². The molecule has 1 heterocycles. The highest BCUT2D eigenvalue weighted by molar-refractivity contribution is 9.09. The second-order valence-corrected chi connectivity index (χ2v) is 8.18. The van der Waals surface area contributed by atoms with E-state index in [1.54, 1.807) is 0 Å². The highest BCUT2D eigenvalue weighted by Crippen LogP contribution is 2.67. The van der Waals surface area contributed by atoms with E-state index in [9.17, 15) is 0 Å².